The van der Waals surface area contributed by atoms with Crippen molar-refractivity contribution >= 4 is 35.6 Å². The molecule has 0 aliphatic rings. The van der Waals surface area contributed by atoms with Gasteiger partial charge in [-0.1, -0.05) is 12.1 Å². The maximum absolute atomic E-state index is 12.7. The fraction of sp³-hybridized carbons (Fsp3) is 0.400. The third kappa shape index (κ3) is 10.4. The zero-order valence-electron chi connectivity index (χ0n) is 18.0. The zero-order chi connectivity index (χ0) is 25.8. The lowest BCUT2D eigenvalue weighted by atomic mass is 10.0. The van der Waals surface area contributed by atoms with Crippen molar-refractivity contribution in [1.82, 2.24) is 16.0 Å². The number of aliphatic carboxylic acids is 2. The van der Waals surface area contributed by atoms with Crippen LogP contribution in [0.2, 0.25) is 0 Å². The SMILES string of the molecule is NC(=O)CC(N)C(=O)NC(Cc1ccc(O)cc1)C(=O)NCC(=O)NC(CCC(=O)O)C(=O)O. The van der Waals surface area contributed by atoms with Gasteiger partial charge in [0, 0.05) is 12.8 Å². The van der Waals surface area contributed by atoms with Crippen LogP contribution < -0.4 is 27.4 Å². The number of nitrogens with one attached hydrogen (secondary N) is 3. The quantitative estimate of drug-likeness (QED) is 0.135. The van der Waals surface area contributed by atoms with E-state index in [1.165, 1.54) is 24.3 Å². The van der Waals surface area contributed by atoms with Crippen LogP contribution in [0.4, 0.5) is 0 Å². The number of phenolic OH excluding ortho intramolecular Hbond substituents is 1. The molecule has 186 valence electrons. The first-order valence-electron chi connectivity index (χ1n) is 10.0. The Morgan fingerprint density at radius 1 is 0.912 bits per heavy atom. The highest BCUT2D eigenvalue weighted by Crippen LogP contribution is 2.11. The molecular formula is C20H27N5O9. The molecular weight excluding hydrogens is 454 g/mol. The van der Waals surface area contributed by atoms with Crippen LogP contribution in [-0.2, 0) is 35.2 Å². The van der Waals surface area contributed by atoms with E-state index in [1.807, 2.05) is 0 Å². The van der Waals surface area contributed by atoms with Gasteiger partial charge in [0.2, 0.25) is 23.6 Å². The van der Waals surface area contributed by atoms with Crippen molar-refractivity contribution in [3.8, 4) is 5.75 Å². The molecule has 0 aliphatic heterocycles. The van der Waals surface area contributed by atoms with E-state index < -0.39 is 73.1 Å². The minimum absolute atomic E-state index is 0.0233. The molecule has 34 heavy (non-hydrogen) atoms. The highest BCUT2D eigenvalue weighted by molar-refractivity contribution is 5.94. The second kappa shape index (κ2) is 13.4. The highest BCUT2D eigenvalue weighted by atomic mass is 16.4. The largest absolute Gasteiger partial charge is 0.508 e. The molecule has 14 nitrogen and oxygen atoms in total. The molecule has 0 saturated carbocycles. The molecule has 1 rings (SSSR count). The van der Waals surface area contributed by atoms with Gasteiger partial charge in [-0.15, -0.1) is 0 Å². The third-order valence-electron chi connectivity index (χ3n) is 4.47. The van der Waals surface area contributed by atoms with Crippen LogP contribution in [0.3, 0.4) is 0 Å². The molecule has 0 saturated heterocycles. The Bertz CT molecular complexity index is 920. The fourth-order valence-corrected chi connectivity index (χ4v) is 2.73. The molecule has 3 atom stereocenters. The van der Waals surface area contributed by atoms with E-state index in [0.717, 1.165) is 0 Å². The van der Waals surface area contributed by atoms with Gasteiger partial charge in [-0.05, 0) is 24.1 Å². The Hall–Kier alpha value is -4.20. The number of carbonyl (C=O) groups is 6. The Morgan fingerprint density at radius 3 is 2.06 bits per heavy atom. The van der Waals surface area contributed by atoms with E-state index in [4.69, 9.17) is 21.7 Å². The van der Waals surface area contributed by atoms with Gasteiger partial charge in [-0.2, -0.15) is 0 Å². The summed E-state index contributed by atoms with van der Waals surface area (Å²) in [6, 6.07) is 1.69. The topological polar surface area (TPSA) is 251 Å². The molecule has 10 N–H and O–H groups in total. The number of rotatable bonds is 14. The zero-order valence-corrected chi connectivity index (χ0v) is 18.0. The molecule has 0 fully saturated rings. The van der Waals surface area contributed by atoms with Crippen LogP contribution >= 0.6 is 0 Å². The molecule has 4 amide bonds. The van der Waals surface area contributed by atoms with Gasteiger partial charge < -0.3 is 42.7 Å². The molecule has 14 heteroatoms. The first-order valence-corrected chi connectivity index (χ1v) is 10.0. The lowest BCUT2D eigenvalue weighted by Crippen LogP contribution is -2.54. The first kappa shape index (κ1) is 27.8. The molecule has 0 heterocycles. The molecule has 0 bridgehead atoms. The second-order valence-electron chi connectivity index (χ2n) is 7.32. The van der Waals surface area contributed by atoms with Crippen LogP contribution in [0, 0.1) is 0 Å². The van der Waals surface area contributed by atoms with E-state index in [-0.39, 0.29) is 18.6 Å². The predicted molar refractivity (Wildman–Crippen MR) is 115 cm³/mol. The Morgan fingerprint density at radius 2 is 1.53 bits per heavy atom. The molecule has 1 aromatic rings. The van der Waals surface area contributed by atoms with Gasteiger partial charge in [-0.3, -0.25) is 24.0 Å². The fourth-order valence-electron chi connectivity index (χ4n) is 2.73. The van der Waals surface area contributed by atoms with Gasteiger partial charge in [0.25, 0.3) is 0 Å². The number of carbonyl (C=O) groups excluding carboxylic acids is 4. The second-order valence-corrected chi connectivity index (χ2v) is 7.32. The van der Waals surface area contributed by atoms with Crippen LogP contribution in [0.25, 0.3) is 0 Å². The highest BCUT2D eigenvalue weighted by Gasteiger charge is 2.26. The Labute approximate surface area is 193 Å². The van der Waals surface area contributed by atoms with E-state index in [9.17, 15) is 33.9 Å². The van der Waals surface area contributed by atoms with E-state index in [0.29, 0.717) is 5.56 Å². The minimum Gasteiger partial charge on any atom is -0.508 e. The van der Waals surface area contributed by atoms with Crippen molar-refractivity contribution in [2.75, 3.05) is 6.54 Å². The van der Waals surface area contributed by atoms with Gasteiger partial charge in [0.05, 0.1) is 19.0 Å². The van der Waals surface area contributed by atoms with Gasteiger partial charge in [0.1, 0.15) is 17.8 Å². The smallest absolute Gasteiger partial charge is 0.326 e. The number of phenols is 1. The lowest BCUT2D eigenvalue weighted by molar-refractivity contribution is -0.143. The van der Waals surface area contributed by atoms with Crippen LogP contribution in [-0.4, -0.2) is 75.6 Å². The molecule has 0 aliphatic carbocycles. The van der Waals surface area contributed by atoms with Crippen molar-refractivity contribution in [3.63, 3.8) is 0 Å². The molecule has 0 aromatic heterocycles. The van der Waals surface area contributed by atoms with Crippen LogP contribution in [0.5, 0.6) is 5.75 Å². The summed E-state index contributed by atoms with van der Waals surface area (Å²) in [5.41, 5.74) is 11.1. The van der Waals surface area contributed by atoms with Crippen molar-refractivity contribution < 1.29 is 44.1 Å². The number of primary amides is 1. The van der Waals surface area contributed by atoms with Crippen LogP contribution in [0.15, 0.2) is 24.3 Å². The summed E-state index contributed by atoms with van der Waals surface area (Å²) in [7, 11) is 0. The molecule has 3 unspecified atom stereocenters. The van der Waals surface area contributed by atoms with Crippen LogP contribution in [0.1, 0.15) is 24.8 Å². The average Bonchev–Trinajstić information content (AvgIpc) is 2.74. The Kier molecular flexibility index (Phi) is 10.9. The number of hydrogen-bond acceptors (Lipinski definition) is 8. The van der Waals surface area contributed by atoms with Gasteiger partial charge in [0.15, 0.2) is 0 Å². The van der Waals surface area contributed by atoms with E-state index in [1.54, 1.807) is 0 Å². The minimum atomic E-state index is -1.47. The summed E-state index contributed by atoms with van der Waals surface area (Å²) in [4.78, 5) is 69.8. The number of aromatic hydroxyl groups is 1. The monoisotopic (exact) mass is 481 g/mol. The number of carboxylic acids is 2. The number of nitrogens with two attached hydrogens (primary N) is 2. The maximum Gasteiger partial charge on any atom is 0.326 e. The van der Waals surface area contributed by atoms with Crippen molar-refractivity contribution in [2.24, 2.45) is 11.5 Å². The van der Waals surface area contributed by atoms with E-state index >= 15 is 0 Å². The molecule has 0 spiro atoms. The maximum atomic E-state index is 12.7. The number of benzene rings is 1. The summed E-state index contributed by atoms with van der Waals surface area (Å²) < 4.78 is 0. The number of hydrogen-bond donors (Lipinski definition) is 8. The average molecular weight is 481 g/mol. The summed E-state index contributed by atoms with van der Waals surface area (Å²) in [5, 5.41) is 33.9. The summed E-state index contributed by atoms with van der Waals surface area (Å²) in [5.74, 6) is -6.09. The van der Waals surface area contributed by atoms with Crippen molar-refractivity contribution in [2.45, 2.75) is 43.8 Å². The molecule has 1 aromatic carbocycles. The van der Waals surface area contributed by atoms with Crippen molar-refractivity contribution in [3.05, 3.63) is 29.8 Å². The standard InChI is InChI=1S/C20H27N5O9/c21-12(8-15(22)27)18(31)25-14(7-10-1-3-11(26)4-2-10)19(32)23-9-16(28)24-13(20(33)34)5-6-17(29)30/h1-4,12-14,26H,5-9,21H2,(H2,22,27)(H,23,32)(H,24,28)(H,25,31)(H,29,30)(H,33,34). The number of carboxylic acid groups (broad SMARTS) is 2. The summed E-state index contributed by atoms with van der Waals surface area (Å²) >= 11 is 0. The van der Waals surface area contributed by atoms with Gasteiger partial charge in [-0.25, -0.2) is 4.79 Å². The van der Waals surface area contributed by atoms with Gasteiger partial charge >= 0.3 is 11.9 Å². The third-order valence-corrected chi connectivity index (χ3v) is 4.47. The summed E-state index contributed by atoms with van der Waals surface area (Å²) in [6.45, 7) is -0.662. The summed E-state index contributed by atoms with van der Waals surface area (Å²) in [6.07, 6.45) is -1.38. The predicted octanol–water partition coefficient (Wildman–Crippen LogP) is -2.83. The molecule has 0 radical (unpaired) electrons. The first-order chi connectivity index (χ1) is 15.9. The Balaban J connectivity index is 2.82. The van der Waals surface area contributed by atoms with Crippen molar-refractivity contribution in [1.29, 1.82) is 0 Å². The van der Waals surface area contributed by atoms with E-state index in [2.05, 4.69) is 16.0 Å². The lowest BCUT2D eigenvalue weighted by Gasteiger charge is -2.21. The number of amides is 4. The normalized spacial score (nSPS) is 13.1.